The second-order valence-corrected chi connectivity index (χ2v) is 4.61. The van der Waals surface area contributed by atoms with E-state index in [1.807, 2.05) is 0 Å². The van der Waals surface area contributed by atoms with Gasteiger partial charge in [0, 0.05) is 5.56 Å². The Bertz CT molecular complexity index is 765. The maximum Gasteiger partial charge on any atom is 0.573 e. The molecule has 0 atom stereocenters. The maximum absolute atomic E-state index is 13.2. The van der Waals surface area contributed by atoms with Crippen molar-refractivity contribution in [2.75, 3.05) is 0 Å². The van der Waals surface area contributed by atoms with E-state index in [1.54, 1.807) is 0 Å². The fourth-order valence-electron chi connectivity index (χ4n) is 2.05. The van der Waals surface area contributed by atoms with Crippen molar-refractivity contribution in [3.8, 4) is 16.9 Å². The second kappa shape index (κ2) is 6.06. The van der Waals surface area contributed by atoms with Gasteiger partial charge in [0.2, 0.25) is 0 Å². The zero-order chi connectivity index (χ0) is 18.1. The van der Waals surface area contributed by atoms with Crippen LogP contribution in [0.4, 0.5) is 26.3 Å². The van der Waals surface area contributed by atoms with Gasteiger partial charge in [0.1, 0.15) is 5.75 Å². The van der Waals surface area contributed by atoms with Crippen molar-refractivity contribution in [1.82, 2.24) is 0 Å². The normalized spacial score (nSPS) is 12.1. The van der Waals surface area contributed by atoms with Gasteiger partial charge in [-0.3, -0.25) is 0 Å². The smallest absolute Gasteiger partial charge is 0.478 e. The summed E-state index contributed by atoms with van der Waals surface area (Å²) in [6.07, 6.45) is -10.1. The lowest BCUT2D eigenvalue weighted by Crippen LogP contribution is -2.18. The molecule has 0 spiro atoms. The van der Waals surface area contributed by atoms with E-state index in [0.29, 0.717) is 6.07 Å². The molecule has 0 aromatic heterocycles. The lowest BCUT2D eigenvalue weighted by molar-refractivity contribution is -0.274. The molecule has 0 heterocycles. The number of halogens is 6. The summed E-state index contributed by atoms with van der Waals surface area (Å²) in [5, 5.41) is 8.80. The summed E-state index contributed by atoms with van der Waals surface area (Å²) >= 11 is 0. The number of aromatic carboxylic acids is 1. The first kappa shape index (κ1) is 17.6. The molecule has 2 aromatic carbocycles. The standard InChI is InChI=1S/C15H8F6O3/c16-14(17,18)11-7-8(13(22)23)5-6-9(11)10-3-1-2-4-12(10)24-15(19,20)21/h1-7H,(H,22,23). The number of hydrogen-bond donors (Lipinski definition) is 1. The first-order chi connectivity index (χ1) is 11.0. The van der Waals surface area contributed by atoms with E-state index in [2.05, 4.69) is 4.74 Å². The minimum atomic E-state index is -5.09. The van der Waals surface area contributed by atoms with Crippen LogP contribution in [0.15, 0.2) is 42.5 Å². The third kappa shape index (κ3) is 3.98. The third-order valence-corrected chi connectivity index (χ3v) is 2.97. The van der Waals surface area contributed by atoms with E-state index < -0.39 is 46.5 Å². The molecule has 0 aliphatic heterocycles. The Hall–Kier alpha value is -2.71. The van der Waals surface area contributed by atoms with Gasteiger partial charge in [-0.2, -0.15) is 13.2 Å². The minimum Gasteiger partial charge on any atom is -0.478 e. The van der Waals surface area contributed by atoms with Crippen molar-refractivity contribution in [2.45, 2.75) is 12.5 Å². The molecule has 0 saturated heterocycles. The third-order valence-electron chi connectivity index (χ3n) is 2.97. The highest BCUT2D eigenvalue weighted by atomic mass is 19.4. The Kier molecular flexibility index (Phi) is 4.46. The molecule has 0 aliphatic rings. The summed E-state index contributed by atoms with van der Waals surface area (Å²) in [6.45, 7) is 0. The summed E-state index contributed by atoms with van der Waals surface area (Å²) in [5.74, 6) is -2.41. The van der Waals surface area contributed by atoms with Crippen LogP contribution in [0.2, 0.25) is 0 Å². The number of carbonyl (C=O) groups is 1. The topological polar surface area (TPSA) is 46.5 Å². The number of ether oxygens (including phenoxy) is 1. The van der Waals surface area contributed by atoms with E-state index in [1.165, 1.54) is 12.1 Å². The van der Waals surface area contributed by atoms with E-state index in [9.17, 15) is 31.1 Å². The fourth-order valence-corrected chi connectivity index (χ4v) is 2.05. The van der Waals surface area contributed by atoms with Gasteiger partial charge < -0.3 is 9.84 Å². The summed E-state index contributed by atoms with van der Waals surface area (Å²) in [5.41, 5.74) is -3.09. The predicted octanol–water partition coefficient (Wildman–Crippen LogP) is 4.97. The van der Waals surface area contributed by atoms with Gasteiger partial charge in [-0.1, -0.05) is 24.3 Å². The minimum absolute atomic E-state index is 0.363. The van der Waals surface area contributed by atoms with Crippen LogP contribution in [0.25, 0.3) is 11.1 Å². The molecule has 0 amide bonds. The highest BCUT2D eigenvalue weighted by molar-refractivity contribution is 5.89. The molecule has 0 fully saturated rings. The average molecular weight is 350 g/mol. The number of carboxylic acid groups (broad SMARTS) is 1. The molecule has 1 N–H and O–H groups in total. The molecule has 0 radical (unpaired) electrons. The van der Waals surface area contributed by atoms with Gasteiger partial charge in [0.15, 0.2) is 0 Å². The molecule has 0 bridgehead atoms. The molecule has 0 unspecified atom stereocenters. The molecular weight excluding hydrogens is 342 g/mol. The van der Waals surface area contributed by atoms with Crippen LogP contribution in [0.3, 0.4) is 0 Å². The van der Waals surface area contributed by atoms with Gasteiger partial charge in [0.25, 0.3) is 0 Å². The zero-order valence-corrected chi connectivity index (χ0v) is 11.6. The summed E-state index contributed by atoms with van der Waals surface area (Å²) in [7, 11) is 0. The monoisotopic (exact) mass is 350 g/mol. The molecular formula is C15H8F6O3. The van der Waals surface area contributed by atoms with Crippen LogP contribution in [-0.2, 0) is 6.18 Å². The second-order valence-electron chi connectivity index (χ2n) is 4.61. The molecule has 2 rings (SSSR count). The van der Waals surface area contributed by atoms with Crippen LogP contribution in [0.1, 0.15) is 15.9 Å². The Balaban J connectivity index is 2.67. The SMILES string of the molecule is O=C(O)c1ccc(-c2ccccc2OC(F)(F)F)c(C(F)(F)F)c1. The molecule has 2 aromatic rings. The van der Waals surface area contributed by atoms with Crippen molar-refractivity contribution >= 4 is 5.97 Å². The van der Waals surface area contributed by atoms with E-state index in [4.69, 9.17) is 5.11 Å². The molecule has 9 heteroatoms. The zero-order valence-electron chi connectivity index (χ0n) is 11.6. The van der Waals surface area contributed by atoms with Crippen LogP contribution in [0.5, 0.6) is 5.75 Å². The summed E-state index contributed by atoms with van der Waals surface area (Å²) in [6, 6.07) is 6.33. The van der Waals surface area contributed by atoms with Gasteiger partial charge in [-0.05, 0) is 23.8 Å². The van der Waals surface area contributed by atoms with Crippen molar-refractivity contribution < 1.29 is 41.0 Å². The first-order valence-electron chi connectivity index (χ1n) is 6.29. The number of carboxylic acids is 1. The lowest BCUT2D eigenvalue weighted by Gasteiger charge is -2.17. The number of para-hydroxylation sites is 1. The highest BCUT2D eigenvalue weighted by Gasteiger charge is 2.37. The average Bonchev–Trinajstić information content (AvgIpc) is 2.44. The Morgan fingerprint density at radius 1 is 0.917 bits per heavy atom. The van der Waals surface area contributed by atoms with Crippen LogP contribution < -0.4 is 4.74 Å². The molecule has 0 aliphatic carbocycles. The van der Waals surface area contributed by atoms with Crippen LogP contribution in [0, 0.1) is 0 Å². The Labute approximate surface area is 131 Å². The summed E-state index contributed by atoms with van der Waals surface area (Å²) in [4.78, 5) is 10.8. The van der Waals surface area contributed by atoms with E-state index >= 15 is 0 Å². The fraction of sp³-hybridized carbons (Fsp3) is 0.133. The van der Waals surface area contributed by atoms with Gasteiger partial charge in [0.05, 0.1) is 11.1 Å². The predicted molar refractivity (Wildman–Crippen MR) is 70.5 cm³/mol. The number of benzene rings is 2. The molecule has 24 heavy (non-hydrogen) atoms. The first-order valence-corrected chi connectivity index (χ1v) is 6.29. The Morgan fingerprint density at radius 2 is 1.54 bits per heavy atom. The maximum atomic E-state index is 13.2. The number of rotatable bonds is 3. The quantitative estimate of drug-likeness (QED) is 0.795. The van der Waals surface area contributed by atoms with Crippen LogP contribution in [-0.4, -0.2) is 17.4 Å². The molecule has 3 nitrogen and oxygen atoms in total. The van der Waals surface area contributed by atoms with Crippen molar-refractivity contribution in [2.24, 2.45) is 0 Å². The van der Waals surface area contributed by atoms with Crippen molar-refractivity contribution in [3.05, 3.63) is 53.6 Å². The molecule has 0 saturated carbocycles. The van der Waals surface area contributed by atoms with Gasteiger partial charge >= 0.3 is 18.5 Å². The van der Waals surface area contributed by atoms with Gasteiger partial charge in [-0.25, -0.2) is 4.79 Å². The van der Waals surface area contributed by atoms with Crippen molar-refractivity contribution in [3.63, 3.8) is 0 Å². The Morgan fingerprint density at radius 3 is 2.08 bits per heavy atom. The summed E-state index contributed by atoms with van der Waals surface area (Å²) < 4.78 is 80.6. The lowest BCUT2D eigenvalue weighted by atomic mass is 9.96. The number of alkyl halides is 6. The highest BCUT2D eigenvalue weighted by Crippen LogP contribution is 2.41. The number of hydrogen-bond acceptors (Lipinski definition) is 2. The van der Waals surface area contributed by atoms with E-state index in [0.717, 1.165) is 24.3 Å². The van der Waals surface area contributed by atoms with Crippen LogP contribution >= 0.6 is 0 Å². The van der Waals surface area contributed by atoms with Gasteiger partial charge in [-0.15, -0.1) is 13.2 Å². The molecule has 128 valence electrons. The van der Waals surface area contributed by atoms with Crippen molar-refractivity contribution in [1.29, 1.82) is 0 Å². The largest absolute Gasteiger partial charge is 0.573 e. The van der Waals surface area contributed by atoms with E-state index in [-0.39, 0.29) is 0 Å².